The maximum Gasteiger partial charge on any atom is 0.202 e. The molecule has 0 amide bonds. The lowest BCUT2D eigenvalue weighted by molar-refractivity contribution is 0.0181. The summed E-state index contributed by atoms with van der Waals surface area (Å²) in [6, 6.07) is 10.0. The Morgan fingerprint density at radius 3 is 2.36 bits per heavy atom. The number of ether oxygens (including phenoxy) is 6. The van der Waals surface area contributed by atoms with Gasteiger partial charge < -0.3 is 33.5 Å². The molecular formula is C20H22O8. The molecule has 1 aliphatic heterocycles. The summed E-state index contributed by atoms with van der Waals surface area (Å²) in [4.78, 5) is 12.8. The molecule has 0 radical (unpaired) electrons. The fourth-order valence-electron chi connectivity index (χ4n) is 2.94. The highest BCUT2D eigenvalue weighted by Gasteiger charge is 2.39. The lowest BCUT2D eigenvalue weighted by Crippen LogP contribution is -2.36. The minimum atomic E-state index is -1.41. The summed E-state index contributed by atoms with van der Waals surface area (Å²) in [5, 5.41) is 10.6. The fraction of sp³-hybridized carbons (Fsp3) is 0.350. The van der Waals surface area contributed by atoms with Crippen molar-refractivity contribution in [1.82, 2.24) is 0 Å². The Morgan fingerprint density at radius 2 is 1.68 bits per heavy atom. The van der Waals surface area contributed by atoms with Crippen LogP contribution in [-0.4, -0.2) is 51.9 Å². The topological polar surface area (TPSA) is 92.7 Å². The third-order valence-corrected chi connectivity index (χ3v) is 4.22. The van der Waals surface area contributed by atoms with Crippen LogP contribution in [0.4, 0.5) is 0 Å². The average Bonchev–Trinajstić information content (AvgIpc) is 2.72. The Balaban J connectivity index is 1.94. The van der Waals surface area contributed by atoms with E-state index in [2.05, 4.69) is 0 Å². The number of Topliss-reactive ketones (excluding diaryl/α,β-unsaturated/α-hetero) is 1. The molecule has 1 heterocycles. The number of rotatable bonds is 8. The van der Waals surface area contributed by atoms with Gasteiger partial charge in [-0.2, -0.15) is 0 Å². The first-order valence-electron chi connectivity index (χ1n) is 8.54. The van der Waals surface area contributed by atoms with Gasteiger partial charge in [-0.25, -0.2) is 0 Å². The summed E-state index contributed by atoms with van der Waals surface area (Å²) in [7, 11) is 4.50. The lowest BCUT2D eigenvalue weighted by atomic mass is 9.93. The maximum absolute atomic E-state index is 12.8. The molecule has 0 fully saturated rings. The second-order valence-electron chi connectivity index (χ2n) is 5.99. The van der Waals surface area contributed by atoms with Gasteiger partial charge in [0.25, 0.3) is 0 Å². The van der Waals surface area contributed by atoms with E-state index in [0.29, 0.717) is 28.6 Å². The van der Waals surface area contributed by atoms with E-state index in [1.54, 1.807) is 36.4 Å². The van der Waals surface area contributed by atoms with E-state index in [9.17, 15) is 9.90 Å². The zero-order chi connectivity index (χ0) is 20.1. The van der Waals surface area contributed by atoms with E-state index < -0.39 is 18.0 Å². The van der Waals surface area contributed by atoms with Crippen LogP contribution in [0.15, 0.2) is 36.4 Å². The molecule has 2 unspecified atom stereocenters. The van der Waals surface area contributed by atoms with Crippen LogP contribution < -0.4 is 18.9 Å². The van der Waals surface area contributed by atoms with Gasteiger partial charge in [0.2, 0.25) is 5.78 Å². The Labute approximate surface area is 162 Å². The van der Waals surface area contributed by atoms with E-state index in [-0.39, 0.29) is 19.1 Å². The standard InChI is InChI=1S/C20H22O8/c1-23-10-26-14-5-4-6-15-17(14)18(21)19(22)20(28-15)12-7-8-13(25-3)16(9-12)27-11-24-2/h4-9,19-20,22H,10-11H2,1-3H3. The number of aliphatic hydroxyl groups is 1. The molecule has 8 nitrogen and oxygen atoms in total. The number of carbonyl (C=O) groups is 1. The number of methoxy groups -OCH3 is 3. The number of fused-ring (bicyclic) bond motifs is 1. The summed E-state index contributed by atoms with van der Waals surface area (Å²) in [6.45, 7) is -0.00219. The number of carbonyl (C=O) groups excluding carboxylic acids is 1. The first-order chi connectivity index (χ1) is 13.6. The van der Waals surface area contributed by atoms with Crippen LogP contribution >= 0.6 is 0 Å². The fourth-order valence-corrected chi connectivity index (χ4v) is 2.94. The molecule has 0 bridgehead atoms. The second kappa shape index (κ2) is 8.92. The highest BCUT2D eigenvalue weighted by atomic mass is 16.7. The molecule has 28 heavy (non-hydrogen) atoms. The molecule has 1 N–H and O–H groups in total. The van der Waals surface area contributed by atoms with E-state index in [1.165, 1.54) is 21.3 Å². The highest BCUT2D eigenvalue weighted by Crippen LogP contribution is 2.41. The van der Waals surface area contributed by atoms with Crippen molar-refractivity contribution < 1.29 is 38.3 Å². The zero-order valence-corrected chi connectivity index (χ0v) is 15.8. The Morgan fingerprint density at radius 1 is 0.964 bits per heavy atom. The van der Waals surface area contributed by atoms with Crippen molar-refractivity contribution in [3.05, 3.63) is 47.5 Å². The van der Waals surface area contributed by atoms with Gasteiger partial charge in [0.05, 0.1) is 7.11 Å². The second-order valence-corrected chi connectivity index (χ2v) is 5.99. The minimum absolute atomic E-state index is 0.0237. The van der Waals surface area contributed by atoms with Crippen LogP contribution in [0.5, 0.6) is 23.0 Å². The monoisotopic (exact) mass is 390 g/mol. The van der Waals surface area contributed by atoms with Crippen LogP contribution in [0.2, 0.25) is 0 Å². The van der Waals surface area contributed by atoms with Crippen LogP contribution in [0.25, 0.3) is 0 Å². The third-order valence-electron chi connectivity index (χ3n) is 4.22. The summed E-state index contributed by atoms with van der Waals surface area (Å²) < 4.78 is 31.9. The number of benzene rings is 2. The molecule has 0 spiro atoms. The summed E-state index contributed by atoms with van der Waals surface area (Å²) in [5.41, 5.74) is 0.745. The average molecular weight is 390 g/mol. The number of hydrogen-bond acceptors (Lipinski definition) is 8. The molecule has 8 heteroatoms. The first kappa shape index (κ1) is 19.9. The van der Waals surface area contributed by atoms with Gasteiger partial charge in [-0.1, -0.05) is 12.1 Å². The van der Waals surface area contributed by atoms with Gasteiger partial charge in [0.15, 0.2) is 37.3 Å². The number of ketones is 1. The van der Waals surface area contributed by atoms with Crippen LogP contribution in [-0.2, 0) is 9.47 Å². The molecule has 0 saturated heterocycles. The maximum atomic E-state index is 12.8. The molecule has 2 aromatic carbocycles. The Hall–Kier alpha value is -2.81. The largest absolute Gasteiger partial charge is 0.493 e. The van der Waals surface area contributed by atoms with Crippen molar-refractivity contribution in [2.24, 2.45) is 0 Å². The van der Waals surface area contributed by atoms with Crippen LogP contribution in [0.1, 0.15) is 22.0 Å². The van der Waals surface area contributed by atoms with E-state index in [4.69, 9.17) is 28.4 Å². The molecule has 150 valence electrons. The third kappa shape index (κ3) is 3.89. The van der Waals surface area contributed by atoms with Crippen molar-refractivity contribution in [2.45, 2.75) is 12.2 Å². The molecule has 2 atom stereocenters. The van der Waals surface area contributed by atoms with Gasteiger partial charge >= 0.3 is 0 Å². The van der Waals surface area contributed by atoms with Gasteiger partial charge in [0.1, 0.15) is 17.1 Å². The van der Waals surface area contributed by atoms with E-state index in [0.717, 1.165) is 0 Å². The Bertz CT molecular complexity index is 835. The van der Waals surface area contributed by atoms with Gasteiger partial charge in [-0.15, -0.1) is 0 Å². The molecular weight excluding hydrogens is 368 g/mol. The molecule has 3 rings (SSSR count). The molecule has 0 saturated carbocycles. The molecule has 0 aliphatic carbocycles. The van der Waals surface area contributed by atoms with Crippen molar-refractivity contribution in [2.75, 3.05) is 34.9 Å². The predicted molar refractivity (Wildman–Crippen MR) is 98.2 cm³/mol. The smallest absolute Gasteiger partial charge is 0.202 e. The van der Waals surface area contributed by atoms with Gasteiger partial charge in [0, 0.05) is 14.2 Å². The van der Waals surface area contributed by atoms with Gasteiger partial charge in [-0.3, -0.25) is 4.79 Å². The first-order valence-corrected chi connectivity index (χ1v) is 8.54. The normalized spacial score (nSPS) is 18.2. The minimum Gasteiger partial charge on any atom is -0.493 e. The highest BCUT2D eigenvalue weighted by molar-refractivity contribution is 6.05. The van der Waals surface area contributed by atoms with Crippen molar-refractivity contribution in [3.63, 3.8) is 0 Å². The lowest BCUT2D eigenvalue weighted by Gasteiger charge is -2.31. The van der Waals surface area contributed by atoms with Crippen molar-refractivity contribution >= 4 is 5.78 Å². The quantitative estimate of drug-likeness (QED) is 0.687. The summed E-state index contributed by atoms with van der Waals surface area (Å²) in [5.74, 6) is 1.03. The van der Waals surface area contributed by atoms with Crippen molar-refractivity contribution in [1.29, 1.82) is 0 Å². The van der Waals surface area contributed by atoms with E-state index in [1.807, 2.05) is 0 Å². The predicted octanol–water partition coefficient (Wildman–Crippen LogP) is 2.34. The zero-order valence-electron chi connectivity index (χ0n) is 15.8. The summed E-state index contributed by atoms with van der Waals surface area (Å²) >= 11 is 0. The molecule has 2 aromatic rings. The molecule has 1 aliphatic rings. The van der Waals surface area contributed by atoms with Crippen LogP contribution in [0.3, 0.4) is 0 Å². The molecule has 0 aromatic heterocycles. The Kier molecular flexibility index (Phi) is 6.35. The SMILES string of the molecule is COCOc1cc(C2Oc3cccc(OCOC)c3C(=O)C2O)ccc1OC. The van der Waals surface area contributed by atoms with E-state index >= 15 is 0 Å². The van der Waals surface area contributed by atoms with Gasteiger partial charge in [-0.05, 0) is 29.8 Å². The number of aliphatic hydroxyl groups excluding tert-OH is 1. The van der Waals surface area contributed by atoms with Crippen LogP contribution in [0, 0.1) is 0 Å². The summed E-state index contributed by atoms with van der Waals surface area (Å²) in [6.07, 6.45) is -2.32. The number of hydrogen-bond donors (Lipinski definition) is 1. The van der Waals surface area contributed by atoms with Crippen molar-refractivity contribution in [3.8, 4) is 23.0 Å².